The lowest BCUT2D eigenvalue weighted by atomic mass is 10.2. The summed E-state index contributed by atoms with van der Waals surface area (Å²) in [4.78, 5) is 27.1. The molecule has 0 aliphatic rings. The molecule has 0 aliphatic heterocycles. The summed E-state index contributed by atoms with van der Waals surface area (Å²) in [5.74, 6) is -0.822. The Balaban J connectivity index is 1.37. The fourth-order valence-electron chi connectivity index (χ4n) is 3.76. The van der Waals surface area contributed by atoms with Crippen LogP contribution >= 0.6 is 11.3 Å². The third-order valence-corrected chi connectivity index (χ3v) is 6.68. The van der Waals surface area contributed by atoms with Gasteiger partial charge in [0.15, 0.2) is 0 Å². The molecule has 0 saturated carbocycles. The number of aryl methyl sites for hydroxylation is 1. The van der Waals surface area contributed by atoms with Crippen LogP contribution in [0.15, 0.2) is 84.9 Å². The highest BCUT2D eigenvalue weighted by Gasteiger charge is 2.18. The van der Waals surface area contributed by atoms with Crippen LogP contribution in [0.5, 0.6) is 0 Å². The third kappa shape index (κ3) is 4.83. The smallest absolute Gasteiger partial charge is 0.265 e. The molecule has 0 radical (unpaired) electrons. The zero-order valence-corrected chi connectivity index (χ0v) is 19.6. The first kappa shape index (κ1) is 22.5. The Bertz CT molecular complexity index is 1520. The van der Waals surface area contributed by atoms with E-state index in [1.54, 1.807) is 60.7 Å². The number of nitrogens with zero attached hydrogens (tertiary/aromatic N) is 2. The van der Waals surface area contributed by atoms with Gasteiger partial charge in [-0.15, -0.1) is 11.3 Å². The Hall–Kier alpha value is -4.30. The number of benzene rings is 3. The Morgan fingerprint density at radius 1 is 0.886 bits per heavy atom. The number of thiophene rings is 1. The minimum absolute atomic E-state index is 0.259. The summed E-state index contributed by atoms with van der Waals surface area (Å²) in [7, 11) is 0. The number of carbonyl (C=O) groups is 2. The lowest BCUT2D eigenvalue weighted by molar-refractivity contribution is 0.101. The number of fused-ring (bicyclic) bond motifs is 1. The summed E-state index contributed by atoms with van der Waals surface area (Å²) in [5, 5.41) is 11.3. The Kier molecular flexibility index (Phi) is 6.12. The largest absolute Gasteiger partial charge is 0.320 e. The van der Waals surface area contributed by atoms with Crippen molar-refractivity contribution in [2.24, 2.45) is 0 Å². The molecule has 5 aromatic rings. The zero-order chi connectivity index (χ0) is 24.4. The molecule has 5 rings (SSSR count). The molecule has 0 unspecified atom stereocenters. The van der Waals surface area contributed by atoms with Crippen molar-refractivity contribution in [2.45, 2.75) is 13.5 Å². The maximum absolute atomic E-state index is 13.3. The number of anilines is 2. The predicted molar refractivity (Wildman–Crippen MR) is 137 cm³/mol. The maximum atomic E-state index is 13.3. The van der Waals surface area contributed by atoms with Crippen LogP contribution < -0.4 is 10.6 Å². The molecule has 0 fully saturated rings. The molecule has 0 spiro atoms. The highest BCUT2D eigenvalue weighted by atomic mass is 32.1. The fraction of sp³-hybridized carbons (Fsp3) is 0.0741. The highest BCUT2D eigenvalue weighted by Crippen LogP contribution is 2.30. The van der Waals surface area contributed by atoms with Crippen molar-refractivity contribution < 1.29 is 14.0 Å². The van der Waals surface area contributed by atoms with Gasteiger partial charge in [0.05, 0.1) is 28.5 Å². The standard InChI is InChI=1S/C27H21FN4O2S/c1-17-21-15-24(35-27(21)32(31-17)16-18-11-13-20(28)14-12-18)26(34)30-23-10-6-5-9-22(23)29-25(33)19-7-3-2-4-8-19/h2-15H,16H2,1H3,(H,29,33)(H,30,34). The lowest BCUT2D eigenvalue weighted by Crippen LogP contribution is -2.16. The average Bonchev–Trinajstić information content (AvgIpc) is 3.43. The number of carbonyl (C=O) groups excluding carboxylic acids is 2. The van der Waals surface area contributed by atoms with Crippen molar-refractivity contribution in [3.8, 4) is 0 Å². The molecular formula is C27H21FN4O2S. The summed E-state index contributed by atoms with van der Waals surface area (Å²) in [6.07, 6.45) is 0. The third-order valence-electron chi connectivity index (χ3n) is 5.54. The number of hydrogen-bond acceptors (Lipinski definition) is 4. The molecule has 2 N–H and O–H groups in total. The first-order valence-corrected chi connectivity index (χ1v) is 11.8. The molecular weight excluding hydrogens is 463 g/mol. The quantitative estimate of drug-likeness (QED) is 0.306. The Morgan fingerprint density at radius 3 is 2.20 bits per heavy atom. The second kappa shape index (κ2) is 9.52. The Morgan fingerprint density at radius 2 is 1.51 bits per heavy atom. The lowest BCUT2D eigenvalue weighted by Gasteiger charge is -2.12. The van der Waals surface area contributed by atoms with Crippen LogP contribution in [0.2, 0.25) is 0 Å². The van der Waals surface area contributed by atoms with Crippen molar-refractivity contribution in [2.75, 3.05) is 10.6 Å². The number of rotatable bonds is 6. The van der Waals surface area contributed by atoms with Gasteiger partial charge in [-0.05, 0) is 55.0 Å². The van der Waals surface area contributed by atoms with Crippen LogP contribution in [0.1, 0.15) is 31.3 Å². The second-order valence-corrected chi connectivity index (χ2v) is 9.05. The summed E-state index contributed by atoms with van der Waals surface area (Å²) in [5.41, 5.74) is 3.27. The average molecular weight is 485 g/mol. The van der Waals surface area contributed by atoms with Crippen LogP contribution in [-0.4, -0.2) is 21.6 Å². The van der Waals surface area contributed by atoms with E-state index in [1.165, 1.54) is 23.5 Å². The van der Waals surface area contributed by atoms with Crippen LogP contribution in [0.4, 0.5) is 15.8 Å². The number of nitrogens with one attached hydrogen (secondary N) is 2. The van der Waals surface area contributed by atoms with E-state index >= 15 is 0 Å². The van der Waals surface area contributed by atoms with Crippen molar-refractivity contribution in [1.29, 1.82) is 0 Å². The molecule has 174 valence electrons. The summed E-state index contributed by atoms with van der Waals surface area (Å²) >= 11 is 1.34. The van der Waals surface area contributed by atoms with Gasteiger partial charge in [0, 0.05) is 10.9 Å². The van der Waals surface area contributed by atoms with Gasteiger partial charge in [-0.1, -0.05) is 42.5 Å². The molecule has 0 saturated heterocycles. The van der Waals surface area contributed by atoms with Crippen LogP contribution in [0.25, 0.3) is 10.2 Å². The van der Waals surface area contributed by atoms with E-state index < -0.39 is 0 Å². The van der Waals surface area contributed by atoms with Gasteiger partial charge in [0.2, 0.25) is 0 Å². The van der Waals surface area contributed by atoms with Gasteiger partial charge in [-0.25, -0.2) is 4.39 Å². The van der Waals surface area contributed by atoms with Crippen molar-refractivity contribution in [3.63, 3.8) is 0 Å². The van der Waals surface area contributed by atoms with E-state index in [9.17, 15) is 14.0 Å². The van der Waals surface area contributed by atoms with Gasteiger partial charge in [-0.3, -0.25) is 14.3 Å². The normalized spacial score (nSPS) is 10.9. The van der Waals surface area contributed by atoms with Crippen molar-refractivity contribution >= 4 is 44.7 Å². The zero-order valence-electron chi connectivity index (χ0n) is 18.8. The van der Waals surface area contributed by atoms with Crippen molar-refractivity contribution in [3.05, 3.63) is 112 Å². The van der Waals surface area contributed by atoms with E-state index in [2.05, 4.69) is 15.7 Å². The molecule has 0 aliphatic carbocycles. The fourth-order valence-corrected chi connectivity index (χ4v) is 4.82. The van der Waals surface area contributed by atoms with E-state index in [0.717, 1.165) is 21.5 Å². The number of hydrogen-bond donors (Lipinski definition) is 2. The summed E-state index contributed by atoms with van der Waals surface area (Å²) in [6, 6.07) is 24.1. The molecule has 2 heterocycles. The maximum Gasteiger partial charge on any atom is 0.265 e. The van der Waals surface area contributed by atoms with E-state index in [0.29, 0.717) is 28.4 Å². The number of halogens is 1. The molecule has 0 atom stereocenters. The van der Waals surface area contributed by atoms with Crippen LogP contribution in [0.3, 0.4) is 0 Å². The molecule has 3 aromatic carbocycles. The van der Waals surface area contributed by atoms with Gasteiger partial charge in [0.1, 0.15) is 10.6 Å². The van der Waals surface area contributed by atoms with E-state index in [-0.39, 0.29) is 17.6 Å². The number of para-hydroxylation sites is 2. The van der Waals surface area contributed by atoms with E-state index in [4.69, 9.17) is 0 Å². The number of amides is 2. The molecule has 2 amide bonds. The summed E-state index contributed by atoms with van der Waals surface area (Å²) in [6.45, 7) is 2.37. The molecule has 0 bridgehead atoms. The molecule has 8 heteroatoms. The van der Waals surface area contributed by atoms with Gasteiger partial charge < -0.3 is 10.6 Å². The van der Waals surface area contributed by atoms with Gasteiger partial charge >= 0.3 is 0 Å². The number of aromatic nitrogens is 2. The SMILES string of the molecule is Cc1nn(Cc2ccc(F)cc2)c2sc(C(=O)Nc3ccccc3NC(=O)c3ccccc3)cc12. The summed E-state index contributed by atoms with van der Waals surface area (Å²) < 4.78 is 15.1. The predicted octanol–water partition coefficient (Wildman–Crippen LogP) is 6.10. The van der Waals surface area contributed by atoms with Crippen LogP contribution in [0, 0.1) is 12.7 Å². The first-order chi connectivity index (χ1) is 17.0. The van der Waals surface area contributed by atoms with E-state index in [1.807, 2.05) is 23.7 Å². The van der Waals surface area contributed by atoms with Gasteiger partial charge in [-0.2, -0.15) is 5.10 Å². The minimum atomic E-state index is -0.286. The highest BCUT2D eigenvalue weighted by molar-refractivity contribution is 7.20. The molecule has 6 nitrogen and oxygen atoms in total. The molecule has 35 heavy (non-hydrogen) atoms. The van der Waals surface area contributed by atoms with Crippen molar-refractivity contribution in [1.82, 2.24) is 9.78 Å². The first-order valence-electron chi connectivity index (χ1n) is 11.0. The molecule has 2 aromatic heterocycles. The second-order valence-electron chi connectivity index (χ2n) is 8.02. The monoisotopic (exact) mass is 484 g/mol. The Labute approximate surface area is 205 Å². The van der Waals surface area contributed by atoms with Gasteiger partial charge in [0.25, 0.3) is 11.8 Å². The minimum Gasteiger partial charge on any atom is -0.320 e. The van der Waals surface area contributed by atoms with Crippen LogP contribution in [-0.2, 0) is 6.54 Å². The topological polar surface area (TPSA) is 76.0 Å².